The Bertz CT molecular complexity index is 665. The second kappa shape index (κ2) is 6.20. The zero-order valence-electron chi connectivity index (χ0n) is 15.3. The van der Waals surface area contributed by atoms with Gasteiger partial charge in [0.05, 0.1) is 11.7 Å². The fraction of sp³-hybridized carbons (Fsp3) is 0.650. The van der Waals surface area contributed by atoms with Gasteiger partial charge in [0.15, 0.2) is 0 Å². The highest BCUT2D eigenvalue weighted by Gasteiger charge is 2.39. The molecule has 1 atom stereocenters. The Hall–Kier alpha value is -1.75. The number of carbonyl (C=O) groups excluding carboxylic acids is 1. The first-order valence-corrected chi connectivity index (χ1v) is 9.55. The van der Waals surface area contributed by atoms with Crippen LogP contribution in [0.4, 0.5) is 11.4 Å². The highest BCUT2D eigenvalue weighted by Crippen LogP contribution is 2.44. The molecule has 25 heavy (non-hydrogen) atoms. The van der Waals surface area contributed by atoms with Crippen LogP contribution < -0.4 is 15.4 Å². The summed E-state index contributed by atoms with van der Waals surface area (Å²) in [5, 5.41) is 0. The van der Waals surface area contributed by atoms with Crippen molar-refractivity contribution in [1.82, 2.24) is 4.90 Å². The fourth-order valence-corrected chi connectivity index (χ4v) is 4.79. The number of nitrogens with two attached hydrogens (primary N) is 1. The van der Waals surface area contributed by atoms with Crippen LogP contribution in [-0.2, 0) is 11.2 Å². The van der Waals surface area contributed by atoms with Crippen molar-refractivity contribution in [2.24, 2.45) is 5.92 Å². The number of rotatable bonds is 3. The molecule has 1 unspecified atom stereocenters. The summed E-state index contributed by atoms with van der Waals surface area (Å²) in [6, 6.07) is 4.15. The van der Waals surface area contributed by atoms with E-state index in [0.717, 1.165) is 68.0 Å². The van der Waals surface area contributed by atoms with Gasteiger partial charge in [-0.15, -0.1) is 0 Å². The number of benzene rings is 1. The van der Waals surface area contributed by atoms with Gasteiger partial charge < -0.3 is 20.3 Å². The van der Waals surface area contributed by atoms with Gasteiger partial charge >= 0.3 is 0 Å². The van der Waals surface area contributed by atoms with Crippen LogP contribution in [-0.4, -0.2) is 42.6 Å². The Morgan fingerprint density at radius 2 is 2.08 bits per heavy atom. The average Bonchev–Trinajstić information content (AvgIpc) is 2.77. The van der Waals surface area contributed by atoms with Gasteiger partial charge in [-0.1, -0.05) is 0 Å². The normalized spacial score (nSPS) is 30.1. The number of ether oxygens (including phenoxy) is 1. The topological polar surface area (TPSA) is 58.8 Å². The number of fused-ring (bicyclic) bond motifs is 4. The molecule has 4 aliphatic rings. The summed E-state index contributed by atoms with van der Waals surface area (Å²) < 4.78 is 6.42. The Labute approximate surface area is 150 Å². The lowest BCUT2D eigenvalue weighted by Gasteiger charge is -2.48. The van der Waals surface area contributed by atoms with E-state index in [1.54, 1.807) is 0 Å². The van der Waals surface area contributed by atoms with Crippen LogP contribution in [0.2, 0.25) is 0 Å². The number of hydrogen-bond acceptors (Lipinski definition) is 4. The first-order chi connectivity index (χ1) is 12.0. The van der Waals surface area contributed by atoms with E-state index in [2.05, 4.69) is 18.7 Å². The largest absolute Gasteiger partial charge is 0.485 e. The summed E-state index contributed by atoms with van der Waals surface area (Å²) in [5.41, 5.74) is 8.75. The van der Waals surface area contributed by atoms with Gasteiger partial charge in [0, 0.05) is 17.8 Å². The summed E-state index contributed by atoms with van der Waals surface area (Å²) in [4.78, 5) is 16.5. The molecule has 3 fully saturated rings. The first-order valence-electron chi connectivity index (χ1n) is 9.55. The van der Waals surface area contributed by atoms with E-state index in [-0.39, 0.29) is 11.6 Å². The molecule has 0 radical (unpaired) electrons. The minimum absolute atomic E-state index is 0.239. The van der Waals surface area contributed by atoms with Crippen LogP contribution >= 0.6 is 0 Å². The van der Waals surface area contributed by atoms with Crippen LogP contribution in [0, 0.1) is 5.92 Å². The van der Waals surface area contributed by atoms with Crippen molar-refractivity contribution in [2.45, 2.75) is 57.6 Å². The second-order valence-electron chi connectivity index (χ2n) is 8.41. The molecule has 3 saturated heterocycles. The first kappa shape index (κ1) is 16.7. The molecule has 0 saturated carbocycles. The van der Waals surface area contributed by atoms with Gasteiger partial charge in [-0.05, 0) is 77.1 Å². The molecule has 4 aliphatic heterocycles. The molecule has 136 valence electrons. The molecular weight excluding hydrogens is 314 g/mol. The van der Waals surface area contributed by atoms with Gasteiger partial charge in [0.1, 0.15) is 11.4 Å². The summed E-state index contributed by atoms with van der Waals surface area (Å²) in [5.74, 6) is 1.41. The number of anilines is 2. The van der Waals surface area contributed by atoms with E-state index < -0.39 is 0 Å². The lowest BCUT2D eigenvalue weighted by Crippen LogP contribution is -2.57. The van der Waals surface area contributed by atoms with E-state index in [9.17, 15) is 4.79 Å². The number of nitrogen functional groups attached to an aromatic ring is 1. The molecule has 0 spiro atoms. The number of nitrogens with zero attached hydrogens (tertiary/aromatic N) is 2. The molecule has 1 aromatic carbocycles. The highest BCUT2D eigenvalue weighted by molar-refractivity contribution is 5.83. The SMILES string of the molecule is CC1(C)CCCc2c(N)ccc(N(C=O)C3CN4CCC3CC4)c2O1. The number of carbonyl (C=O) groups is 1. The highest BCUT2D eigenvalue weighted by atomic mass is 16.5. The summed E-state index contributed by atoms with van der Waals surface area (Å²) in [7, 11) is 0. The van der Waals surface area contributed by atoms with Crippen molar-refractivity contribution in [3.8, 4) is 5.75 Å². The third-order valence-electron chi connectivity index (χ3n) is 6.23. The van der Waals surface area contributed by atoms with Crippen LogP contribution in [0.25, 0.3) is 0 Å². The third kappa shape index (κ3) is 2.99. The average molecular weight is 343 g/mol. The lowest BCUT2D eigenvalue weighted by molar-refractivity contribution is -0.108. The second-order valence-corrected chi connectivity index (χ2v) is 8.41. The maximum atomic E-state index is 12.1. The maximum absolute atomic E-state index is 12.1. The van der Waals surface area contributed by atoms with E-state index in [4.69, 9.17) is 10.5 Å². The zero-order valence-corrected chi connectivity index (χ0v) is 15.3. The molecule has 4 heterocycles. The summed E-state index contributed by atoms with van der Waals surface area (Å²) in [6.07, 6.45) is 6.30. The molecule has 5 rings (SSSR count). The number of hydrogen-bond donors (Lipinski definition) is 1. The zero-order chi connectivity index (χ0) is 17.6. The van der Waals surface area contributed by atoms with E-state index >= 15 is 0 Å². The van der Waals surface area contributed by atoms with E-state index in [1.165, 1.54) is 12.8 Å². The molecule has 2 N–H and O–H groups in total. The van der Waals surface area contributed by atoms with Gasteiger partial charge in [-0.25, -0.2) is 0 Å². The van der Waals surface area contributed by atoms with Gasteiger partial charge in [-0.3, -0.25) is 4.79 Å². The minimum Gasteiger partial charge on any atom is -0.485 e. The van der Waals surface area contributed by atoms with E-state index in [0.29, 0.717) is 5.92 Å². The molecule has 5 heteroatoms. The summed E-state index contributed by atoms with van der Waals surface area (Å²) in [6.45, 7) is 7.53. The molecular formula is C20H29N3O2. The smallest absolute Gasteiger partial charge is 0.214 e. The minimum atomic E-state index is -0.239. The van der Waals surface area contributed by atoms with Crippen LogP contribution in [0.1, 0.15) is 45.1 Å². The predicted molar refractivity (Wildman–Crippen MR) is 100.0 cm³/mol. The Morgan fingerprint density at radius 1 is 1.32 bits per heavy atom. The Balaban J connectivity index is 1.75. The molecule has 0 aliphatic carbocycles. The number of amides is 1. The van der Waals surface area contributed by atoms with Crippen molar-refractivity contribution in [3.05, 3.63) is 17.7 Å². The quantitative estimate of drug-likeness (QED) is 0.677. The van der Waals surface area contributed by atoms with Crippen molar-refractivity contribution >= 4 is 17.8 Å². The molecule has 5 nitrogen and oxygen atoms in total. The molecule has 2 bridgehead atoms. The molecule has 1 aromatic rings. The van der Waals surface area contributed by atoms with Crippen molar-refractivity contribution in [2.75, 3.05) is 30.3 Å². The van der Waals surface area contributed by atoms with Crippen molar-refractivity contribution < 1.29 is 9.53 Å². The maximum Gasteiger partial charge on any atom is 0.214 e. The van der Waals surface area contributed by atoms with Crippen LogP contribution in [0.3, 0.4) is 0 Å². The van der Waals surface area contributed by atoms with E-state index in [1.807, 2.05) is 17.0 Å². The number of piperidine rings is 3. The van der Waals surface area contributed by atoms with Gasteiger partial charge in [0.25, 0.3) is 0 Å². The van der Waals surface area contributed by atoms with Gasteiger partial charge in [-0.2, -0.15) is 0 Å². The summed E-state index contributed by atoms with van der Waals surface area (Å²) >= 11 is 0. The Morgan fingerprint density at radius 3 is 2.72 bits per heavy atom. The monoisotopic (exact) mass is 343 g/mol. The van der Waals surface area contributed by atoms with Crippen molar-refractivity contribution in [1.29, 1.82) is 0 Å². The van der Waals surface area contributed by atoms with Crippen molar-refractivity contribution in [3.63, 3.8) is 0 Å². The fourth-order valence-electron chi connectivity index (χ4n) is 4.79. The van der Waals surface area contributed by atoms with Gasteiger partial charge in [0.2, 0.25) is 6.41 Å². The van der Waals surface area contributed by atoms with Crippen LogP contribution in [0.5, 0.6) is 5.75 Å². The third-order valence-corrected chi connectivity index (χ3v) is 6.23. The lowest BCUT2D eigenvalue weighted by atomic mass is 9.83. The molecule has 0 aromatic heterocycles. The van der Waals surface area contributed by atoms with Crippen LogP contribution in [0.15, 0.2) is 12.1 Å². The standard InChI is InChI=1S/C20H29N3O2/c1-20(2)9-3-4-15-16(21)5-6-17(19(15)25-20)23(13-24)18-12-22-10-7-14(18)8-11-22/h5-6,13-14,18H,3-4,7-12,21H2,1-2H3. The Kier molecular flexibility index (Phi) is 4.14. The predicted octanol–water partition coefficient (Wildman–Crippen LogP) is 2.82. The molecule has 1 amide bonds.